The molecule has 1 amide bonds. The van der Waals surface area contributed by atoms with Crippen LogP contribution in [0, 0.1) is 5.92 Å². The number of Topliss-reactive ketones (excluding diaryl/α,β-unsaturated/α-hetero) is 1. The van der Waals surface area contributed by atoms with E-state index in [4.69, 9.17) is 9.47 Å². The number of nitrogens with one attached hydrogen (secondary N) is 1. The molecule has 126 valence electrons. The molecular weight excluding hydrogens is 294 g/mol. The molecule has 0 spiro atoms. The van der Waals surface area contributed by atoms with E-state index in [-0.39, 0.29) is 24.3 Å². The smallest absolute Gasteiger partial charge is 0.258 e. The van der Waals surface area contributed by atoms with Crippen LogP contribution in [0.5, 0.6) is 11.5 Å². The van der Waals surface area contributed by atoms with Gasteiger partial charge in [0, 0.05) is 12.1 Å². The van der Waals surface area contributed by atoms with Crippen LogP contribution in [-0.4, -0.2) is 31.4 Å². The monoisotopic (exact) mass is 319 g/mol. The van der Waals surface area contributed by atoms with Crippen LogP contribution in [0.25, 0.3) is 0 Å². The number of amides is 1. The van der Waals surface area contributed by atoms with Crippen molar-refractivity contribution in [3.63, 3.8) is 0 Å². The van der Waals surface area contributed by atoms with Crippen molar-refractivity contribution in [3.8, 4) is 11.5 Å². The Bertz CT molecular complexity index is 570. The fourth-order valence-corrected chi connectivity index (χ4v) is 2.96. The van der Waals surface area contributed by atoms with Gasteiger partial charge in [-0.1, -0.05) is 19.8 Å². The van der Waals surface area contributed by atoms with Gasteiger partial charge in [0.15, 0.2) is 12.4 Å². The number of methoxy groups -OCH3 is 1. The van der Waals surface area contributed by atoms with Crippen molar-refractivity contribution >= 4 is 11.7 Å². The topological polar surface area (TPSA) is 64.6 Å². The van der Waals surface area contributed by atoms with Gasteiger partial charge in [-0.15, -0.1) is 0 Å². The van der Waals surface area contributed by atoms with Crippen LogP contribution in [0.2, 0.25) is 0 Å². The van der Waals surface area contributed by atoms with Gasteiger partial charge in [0.05, 0.1) is 12.7 Å². The largest absolute Gasteiger partial charge is 0.497 e. The second-order valence-electron chi connectivity index (χ2n) is 6.14. The normalized spacial score (nSPS) is 20.7. The molecule has 1 aromatic carbocycles. The van der Waals surface area contributed by atoms with Crippen molar-refractivity contribution in [2.24, 2.45) is 5.92 Å². The first kappa shape index (κ1) is 17.3. The van der Waals surface area contributed by atoms with E-state index in [1.54, 1.807) is 25.3 Å². The number of carbonyl (C=O) groups is 2. The fourth-order valence-electron chi connectivity index (χ4n) is 2.96. The predicted molar refractivity (Wildman–Crippen MR) is 88.1 cm³/mol. The lowest BCUT2D eigenvalue weighted by molar-refractivity contribution is -0.124. The van der Waals surface area contributed by atoms with Gasteiger partial charge in [0.2, 0.25) is 0 Å². The lowest BCUT2D eigenvalue weighted by Gasteiger charge is -2.29. The standard InChI is InChI=1S/C18H25NO4/c1-12-6-4-5-7-16(12)19-18(21)11-23-17-10-14(22-3)8-9-15(17)13(2)20/h8-10,12,16H,4-7,11H2,1-3H3,(H,19,21). The molecule has 23 heavy (non-hydrogen) atoms. The van der Waals surface area contributed by atoms with Crippen LogP contribution >= 0.6 is 0 Å². The van der Waals surface area contributed by atoms with E-state index in [1.807, 2.05) is 0 Å². The Balaban J connectivity index is 1.96. The van der Waals surface area contributed by atoms with Gasteiger partial charge in [-0.2, -0.15) is 0 Å². The summed E-state index contributed by atoms with van der Waals surface area (Å²) in [5.74, 6) is 1.21. The molecule has 5 nitrogen and oxygen atoms in total. The summed E-state index contributed by atoms with van der Waals surface area (Å²) in [6, 6.07) is 5.20. The summed E-state index contributed by atoms with van der Waals surface area (Å²) in [5.41, 5.74) is 0.449. The molecule has 1 aliphatic carbocycles. The molecule has 2 unspecified atom stereocenters. The number of hydrogen-bond acceptors (Lipinski definition) is 4. The van der Waals surface area contributed by atoms with E-state index in [1.165, 1.54) is 13.3 Å². The molecule has 0 saturated heterocycles. The van der Waals surface area contributed by atoms with Crippen molar-refractivity contribution in [2.45, 2.75) is 45.6 Å². The van der Waals surface area contributed by atoms with Crippen LogP contribution in [0.15, 0.2) is 18.2 Å². The average molecular weight is 319 g/mol. The van der Waals surface area contributed by atoms with E-state index < -0.39 is 0 Å². The summed E-state index contributed by atoms with van der Waals surface area (Å²) >= 11 is 0. The third-order valence-electron chi connectivity index (χ3n) is 4.38. The van der Waals surface area contributed by atoms with Crippen molar-refractivity contribution in [1.82, 2.24) is 5.32 Å². The predicted octanol–water partition coefficient (Wildman–Crippen LogP) is 2.97. The molecule has 0 aliphatic heterocycles. The molecule has 0 bridgehead atoms. The summed E-state index contributed by atoms with van der Waals surface area (Å²) in [4.78, 5) is 23.8. The molecule has 5 heteroatoms. The minimum Gasteiger partial charge on any atom is -0.497 e. The van der Waals surface area contributed by atoms with Gasteiger partial charge < -0.3 is 14.8 Å². The molecule has 2 rings (SSSR count). The van der Waals surface area contributed by atoms with E-state index in [0.717, 1.165) is 19.3 Å². The van der Waals surface area contributed by atoms with Gasteiger partial charge in [-0.05, 0) is 37.8 Å². The van der Waals surface area contributed by atoms with E-state index >= 15 is 0 Å². The summed E-state index contributed by atoms with van der Waals surface area (Å²) < 4.78 is 10.7. The Morgan fingerprint density at radius 2 is 2.00 bits per heavy atom. The molecular formula is C18H25NO4. The third-order valence-corrected chi connectivity index (χ3v) is 4.38. The van der Waals surface area contributed by atoms with Gasteiger partial charge >= 0.3 is 0 Å². The molecule has 0 aromatic heterocycles. The number of ether oxygens (including phenoxy) is 2. The van der Waals surface area contributed by atoms with E-state index in [9.17, 15) is 9.59 Å². The molecule has 0 radical (unpaired) electrons. The first-order chi connectivity index (χ1) is 11.0. The second kappa shape index (κ2) is 7.99. The highest BCUT2D eigenvalue weighted by molar-refractivity contribution is 5.97. The second-order valence-corrected chi connectivity index (χ2v) is 6.14. The van der Waals surface area contributed by atoms with Crippen molar-refractivity contribution in [1.29, 1.82) is 0 Å². The van der Waals surface area contributed by atoms with E-state index in [0.29, 0.717) is 23.0 Å². The maximum atomic E-state index is 12.1. The number of hydrogen-bond donors (Lipinski definition) is 1. The van der Waals surface area contributed by atoms with Crippen LogP contribution in [0.3, 0.4) is 0 Å². The number of rotatable bonds is 6. The first-order valence-corrected chi connectivity index (χ1v) is 8.12. The Labute approximate surface area is 137 Å². The van der Waals surface area contributed by atoms with Gasteiger partial charge in [0.25, 0.3) is 5.91 Å². The Hall–Kier alpha value is -2.04. The number of ketones is 1. The Kier molecular flexibility index (Phi) is 6.02. The zero-order chi connectivity index (χ0) is 16.8. The lowest BCUT2D eigenvalue weighted by Crippen LogP contribution is -2.43. The van der Waals surface area contributed by atoms with Crippen molar-refractivity contribution in [3.05, 3.63) is 23.8 Å². The summed E-state index contributed by atoms with van der Waals surface area (Å²) in [7, 11) is 1.55. The van der Waals surface area contributed by atoms with Crippen molar-refractivity contribution < 1.29 is 19.1 Å². The molecule has 2 atom stereocenters. The zero-order valence-corrected chi connectivity index (χ0v) is 14.1. The lowest BCUT2D eigenvalue weighted by atomic mass is 9.86. The highest BCUT2D eigenvalue weighted by Crippen LogP contribution is 2.26. The van der Waals surface area contributed by atoms with E-state index in [2.05, 4.69) is 12.2 Å². The molecule has 1 N–H and O–H groups in total. The Morgan fingerprint density at radius 3 is 2.65 bits per heavy atom. The third kappa shape index (κ3) is 4.71. The van der Waals surface area contributed by atoms with Gasteiger partial charge in [0.1, 0.15) is 11.5 Å². The Morgan fingerprint density at radius 1 is 1.26 bits per heavy atom. The maximum Gasteiger partial charge on any atom is 0.258 e. The molecule has 1 aliphatic rings. The molecule has 1 aromatic rings. The van der Waals surface area contributed by atoms with Crippen LogP contribution in [0.1, 0.15) is 49.9 Å². The van der Waals surface area contributed by atoms with Gasteiger partial charge in [-0.25, -0.2) is 0 Å². The fraction of sp³-hybridized carbons (Fsp3) is 0.556. The SMILES string of the molecule is COc1ccc(C(C)=O)c(OCC(=O)NC2CCCCC2C)c1. The molecule has 1 fully saturated rings. The van der Waals surface area contributed by atoms with Crippen LogP contribution in [-0.2, 0) is 4.79 Å². The van der Waals surface area contributed by atoms with Crippen LogP contribution < -0.4 is 14.8 Å². The molecule has 0 heterocycles. The minimum absolute atomic E-state index is 0.101. The zero-order valence-electron chi connectivity index (χ0n) is 14.1. The maximum absolute atomic E-state index is 12.1. The van der Waals surface area contributed by atoms with Crippen LogP contribution in [0.4, 0.5) is 0 Å². The minimum atomic E-state index is -0.152. The summed E-state index contributed by atoms with van der Waals surface area (Å²) in [6.07, 6.45) is 4.55. The molecule has 1 saturated carbocycles. The summed E-state index contributed by atoms with van der Waals surface area (Å²) in [6.45, 7) is 3.54. The average Bonchev–Trinajstić information content (AvgIpc) is 2.54. The van der Waals surface area contributed by atoms with Crippen molar-refractivity contribution in [2.75, 3.05) is 13.7 Å². The quantitative estimate of drug-likeness (QED) is 0.819. The highest BCUT2D eigenvalue weighted by atomic mass is 16.5. The first-order valence-electron chi connectivity index (χ1n) is 8.12. The number of benzene rings is 1. The summed E-state index contributed by atoms with van der Waals surface area (Å²) in [5, 5.41) is 3.04. The highest BCUT2D eigenvalue weighted by Gasteiger charge is 2.23. The van der Waals surface area contributed by atoms with Gasteiger partial charge in [-0.3, -0.25) is 9.59 Å². The number of carbonyl (C=O) groups excluding carboxylic acids is 2.